The Labute approximate surface area is 122 Å². The van der Waals surface area contributed by atoms with Crippen molar-refractivity contribution in [3.05, 3.63) is 59.4 Å². The molecule has 0 bridgehead atoms. The van der Waals surface area contributed by atoms with E-state index in [0.717, 1.165) is 17.4 Å². The van der Waals surface area contributed by atoms with Gasteiger partial charge >= 0.3 is 0 Å². The van der Waals surface area contributed by atoms with E-state index in [2.05, 4.69) is 5.32 Å². The lowest BCUT2D eigenvalue weighted by Gasteiger charge is -2.15. The molecule has 2 aromatic rings. The van der Waals surface area contributed by atoms with Crippen LogP contribution >= 0.6 is 0 Å². The SMILES string of the molecule is COc1ccc(C(C)NC(=O)c2cc(F)ccc2N)cc1. The fraction of sp³-hybridized carbons (Fsp3) is 0.188. The summed E-state index contributed by atoms with van der Waals surface area (Å²) in [5.74, 6) is -0.159. The van der Waals surface area contributed by atoms with Gasteiger partial charge < -0.3 is 15.8 Å². The highest BCUT2D eigenvalue weighted by Crippen LogP contribution is 2.19. The maximum Gasteiger partial charge on any atom is 0.253 e. The van der Waals surface area contributed by atoms with E-state index >= 15 is 0 Å². The van der Waals surface area contributed by atoms with Gasteiger partial charge in [0.2, 0.25) is 0 Å². The van der Waals surface area contributed by atoms with Crippen LogP contribution in [0.3, 0.4) is 0 Å². The second kappa shape index (κ2) is 6.26. The van der Waals surface area contributed by atoms with Crippen LogP contribution in [0.25, 0.3) is 0 Å². The van der Waals surface area contributed by atoms with Gasteiger partial charge in [-0.15, -0.1) is 0 Å². The fourth-order valence-electron chi connectivity index (χ4n) is 1.98. The molecule has 0 fully saturated rings. The lowest BCUT2D eigenvalue weighted by atomic mass is 10.1. The van der Waals surface area contributed by atoms with Crippen molar-refractivity contribution in [3.8, 4) is 5.75 Å². The summed E-state index contributed by atoms with van der Waals surface area (Å²) in [7, 11) is 1.59. The van der Waals surface area contributed by atoms with Crippen molar-refractivity contribution < 1.29 is 13.9 Å². The van der Waals surface area contributed by atoms with Crippen LogP contribution in [0, 0.1) is 5.82 Å². The van der Waals surface area contributed by atoms with Gasteiger partial charge in [-0.3, -0.25) is 4.79 Å². The van der Waals surface area contributed by atoms with E-state index < -0.39 is 11.7 Å². The molecule has 21 heavy (non-hydrogen) atoms. The van der Waals surface area contributed by atoms with Crippen molar-refractivity contribution in [1.29, 1.82) is 0 Å². The maximum absolute atomic E-state index is 13.2. The van der Waals surface area contributed by atoms with Crippen LogP contribution in [0.4, 0.5) is 10.1 Å². The molecule has 2 rings (SSSR count). The average molecular weight is 288 g/mol. The van der Waals surface area contributed by atoms with E-state index in [1.807, 2.05) is 31.2 Å². The normalized spacial score (nSPS) is 11.8. The zero-order valence-corrected chi connectivity index (χ0v) is 11.9. The number of anilines is 1. The fourth-order valence-corrected chi connectivity index (χ4v) is 1.98. The molecule has 0 aliphatic rings. The predicted octanol–water partition coefficient (Wildman–Crippen LogP) is 2.91. The number of carbonyl (C=O) groups excluding carboxylic acids is 1. The smallest absolute Gasteiger partial charge is 0.253 e. The van der Waals surface area contributed by atoms with Crippen LogP contribution in [0.1, 0.15) is 28.9 Å². The molecular weight excluding hydrogens is 271 g/mol. The summed E-state index contributed by atoms with van der Waals surface area (Å²) in [5.41, 5.74) is 7.00. The van der Waals surface area contributed by atoms with E-state index in [1.165, 1.54) is 12.1 Å². The van der Waals surface area contributed by atoms with Crippen molar-refractivity contribution >= 4 is 11.6 Å². The summed E-state index contributed by atoms with van der Waals surface area (Å²) in [6.45, 7) is 1.84. The number of nitrogens with two attached hydrogens (primary N) is 1. The number of ether oxygens (including phenoxy) is 1. The summed E-state index contributed by atoms with van der Waals surface area (Å²) in [5, 5.41) is 2.79. The zero-order valence-electron chi connectivity index (χ0n) is 11.9. The van der Waals surface area contributed by atoms with Crippen LogP contribution < -0.4 is 15.8 Å². The predicted molar refractivity (Wildman–Crippen MR) is 79.7 cm³/mol. The van der Waals surface area contributed by atoms with E-state index in [9.17, 15) is 9.18 Å². The summed E-state index contributed by atoms with van der Waals surface area (Å²) in [6, 6.07) is 10.8. The molecule has 0 spiro atoms. The maximum atomic E-state index is 13.2. The van der Waals surface area contributed by atoms with E-state index in [-0.39, 0.29) is 17.3 Å². The minimum absolute atomic E-state index is 0.135. The van der Waals surface area contributed by atoms with Gasteiger partial charge in [0.1, 0.15) is 11.6 Å². The molecule has 3 N–H and O–H groups in total. The first kappa shape index (κ1) is 14.8. The number of carbonyl (C=O) groups is 1. The van der Waals surface area contributed by atoms with Gasteiger partial charge in [-0.25, -0.2) is 4.39 Å². The van der Waals surface area contributed by atoms with Crippen LogP contribution in [-0.4, -0.2) is 13.0 Å². The number of methoxy groups -OCH3 is 1. The molecule has 0 aromatic heterocycles. The highest BCUT2D eigenvalue weighted by Gasteiger charge is 2.14. The minimum Gasteiger partial charge on any atom is -0.497 e. The van der Waals surface area contributed by atoms with Gasteiger partial charge in [-0.2, -0.15) is 0 Å². The third-order valence-corrected chi connectivity index (χ3v) is 3.22. The number of benzene rings is 2. The van der Waals surface area contributed by atoms with Crippen LogP contribution in [0.5, 0.6) is 5.75 Å². The first-order valence-corrected chi connectivity index (χ1v) is 6.51. The summed E-state index contributed by atoms with van der Waals surface area (Å²) >= 11 is 0. The molecule has 4 nitrogen and oxygen atoms in total. The summed E-state index contributed by atoms with van der Waals surface area (Å²) < 4.78 is 18.3. The Balaban J connectivity index is 2.12. The standard InChI is InChI=1S/C16H17FN2O2/c1-10(11-3-6-13(21-2)7-4-11)19-16(20)14-9-12(17)5-8-15(14)18/h3-10H,18H2,1-2H3,(H,19,20). The summed E-state index contributed by atoms with van der Waals surface area (Å²) in [6.07, 6.45) is 0. The molecule has 0 aliphatic carbocycles. The second-order valence-electron chi connectivity index (χ2n) is 4.70. The molecule has 1 unspecified atom stereocenters. The largest absolute Gasteiger partial charge is 0.497 e. The first-order valence-electron chi connectivity index (χ1n) is 6.51. The molecule has 0 saturated heterocycles. The van der Waals surface area contributed by atoms with Gasteiger partial charge in [-0.1, -0.05) is 12.1 Å². The Bertz CT molecular complexity index is 641. The Morgan fingerprint density at radius 1 is 1.24 bits per heavy atom. The van der Waals surface area contributed by atoms with Gasteiger partial charge in [0.25, 0.3) is 5.91 Å². The third-order valence-electron chi connectivity index (χ3n) is 3.22. The van der Waals surface area contributed by atoms with Crippen molar-refractivity contribution in [2.24, 2.45) is 0 Å². The molecular formula is C16H17FN2O2. The molecule has 0 radical (unpaired) electrons. The van der Waals surface area contributed by atoms with Crippen molar-refractivity contribution in [3.63, 3.8) is 0 Å². The number of rotatable bonds is 4. The number of halogens is 1. The van der Waals surface area contributed by atoms with Gasteiger partial charge in [0.05, 0.1) is 18.7 Å². The third kappa shape index (κ3) is 3.51. The average Bonchev–Trinajstić information content (AvgIpc) is 2.49. The first-order chi connectivity index (χ1) is 10.0. The highest BCUT2D eigenvalue weighted by molar-refractivity contribution is 5.99. The highest BCUT2D eigenvalue weighted by atomic mass is 19.1. The Morgan fingerprint density at radius 3 is 2.52 bits per heavy atom. The van der Waals surface area contributed by atoms with Crippen molar-refractivity contribution in [1.82, 2.24) is 5.32 Å². The van der Waals surface area contributed by atoms with E-state index in [4.69, 9.17) is 10.5 Å². The van der Waals surface area contributed by atoms with E-state index in [1.54, 1.807) is 7.11 Å². The Hall–Kier alpha value is -2.56. The molecule has 0 heterocycles. The number of hydrogen-bond donors (Lipinski definition) is 2. The molecule has 1 amide bonds. The second-order valence-corrected chi connectivity index (χ2v) is 4.70. The number of amides is 1. The van der Waals surface area contributed by atoms with Gasteiger partial charge in [-0.05, 0) is 42.8 Å². The van der Waals surface area contributed by atoms with Crippen LogP contribution in [0.15, 0.2) is 42.5 Å². The topological polar surface area (TPSA) is 64.3 Å². The molecule has 0 saturated carbocycles. The molecule has 0 aliphatic heterocycles. The molecule has 5 heteroatoms. The lowest BCUT2D eigenvalue weighted by molar-refractivity contribution is 0.0940. The van der Waals surface area contributed by atoms with Crippen molar-refractivity contribution in [2.75, 3.05) is 12.8 Å². The van der Waals surface area contributed by atoms with E-state index in [0.29, 0.717) is 0 Å². The quantitative estimate of drug-likeness (QED) is 0.850. The Kier molecular flexibility index (Phi) is 4.42. The van der Waals surface area contributed by atoms with Gasteiger partial charge in [0, 0.05) is 5.69 Å². The zero-order chi connectivity index (χ0) is 15.4. The summed E-state index contributed by atoms with van der Waals surface area (Å²) in [4.78, 5) is 12.1. The number of hydrogen-bond acceptors (Lipinski definition) is 3. The monoisotopic (exact) mass is 288 g/mol. The van der Waals surface area contributed by atoms with Crippen molar-refractivity contribution in [2.45, 2.75) is 13.0 Å². The lowest BCUT2D eigenvalue weighted by Crippen LogP contribution is -2.27. The Morgan fingerprint density at radius 2 is 1.90 bits per heavy atom. The molecule has 2 aromatic carbocycles. The number of nitrogen functional groups attached to an aromatic ring is 1. The van der Waals surface area contributed by atoms with Gasteiger partial charge in [0.15, 0.2) is 0 Å². The number of nitrogens with one attached hydrogen (secondary N) is 1. The van der Waals surface area contributed by atoms with Crippen LogP contribution in [-0.2, 0) is 0 Å². The van der Waals surface area contributed by atoms with Crippen LogP contribution in [0.2, 0.25) is 0 Å². The minimum atomic E-state index is -0.494. The molecule has 1 atom stereocenters. The molecule has 110 valence electrons.